The maximum atomic E-state index is 15.2. The standard InChI is InChI=1S/C37H40BrN3O4S/c1-4-18-39(19-5-2)34(43)30-31-35(44)41(29(23-42)25-13-8-7-9-14-25)33(37(31)22-28(38)32(30)46-37)36(45)40(20-6-3)27-17-16-24-12-10-11-15-26(24)21-27/h4,6-17,21,28-33,42H,1,3,5,18-20,22-23H2,2H3/t28?,29-,30+,31+,32+,33?,37?/m1/s1. The fraction of sp³-hybridized carbons (Fsp3) is 0.378. The molecule has 0 aliphatic carbocycles. The van der Waals surface area contributed by atoms with Gasteiger partial charge in [-0.3, -0.25) is 14.4 Å². The zero-order chi connectivity index (χ0) is 32.6. The third kappa shape index (κ3) is 5.30. The molecule has 46 heavy (non-hydrogen) atoms. The average molecular weight is 703 g/mol. The lowest BCUT2D eigenvalue weighted by atomic mass is 9.70. The minimum absolute atomic E-state index is 0.0595. The van der Waals surface area contributed by atoms with Gasteiger partial charge in [0.05, 0.1) is 29.2 Å². The number of hydrogen-bond donors (Lipinski definition) is 1. The summed E-state index contributed by atoms with van der Waals surface area (Å²) in [5.41, 5.74) is 1.45. The van der Waals surface area contributed by atoms with E-state index in [1.54, 1.807) is 38.6 Å². The van der Waals surface area contributed by atoms with Crippen LogP contribution in [0.25, 0.3) is 10.8 Å². The number of carbonyl (C=O) groups is 3. The number of amides is 3. The molecule has 3 aromatic rings. The Bertz CT molecular complexity index is 1650. The molecular formula is C37H40BrN3O4S. The highest BCUT2D eigenvalue weighted by molar-refractivity contribution is 9.09. The second-order valence-corrected chi connectivity index (χ2v) is 15.1. The summed E-state index contributed by atoms with van der Waals surface area (Å²) in [4.78, 5) is 49.5. The Labute approximate surface area is 283 Å². The number of benzene rings is 3. The molecule has 7 nitrogen and oxygen atoms in total. The van der Waals surface area contributed by atoms with E-state index < -0.39 is 28.7 Å². The molecule has 1 spiro atoms. The number of carbonyl (C=O) groups excluding carboxylic acids is 3. The van der Waals surface area contributed by atoms with Gasteiger partial charge in [0.15, 0.2) is 0 Å². The number of halogens is 1. The van der Waals surface area contributed by atoms with E-state index in [4.69, 9.17) is 0 Å². The number of rotatable bonds is 12. The van der Waals surface area contributed by atoms with Gasteiger partial charge in [0.2, 0.25) is 11.8 Å². The Morgan fingerprint density at radius 2 is 1.74 bits per heavy atom. The van der Waals surface area contributed by atoms with Crippen molar-refractivity contribution in [3.8, 4) is 0 Å². The van der Waals surface area contributed by atoms with Crippen LogP contribution in [-0.2, 0) is 14.4 Å². The van der Waals surface area contributed by atoms with E-state index in [0.717, 1.165) is 22.8 Å². The first-order valence-corrected chi connectivity index (χ1v) is 17.7. The van der Waals surface area contributed by atoms with Gasteiger partial charge in [-0.15, -0.1) is 24.9 Å². The number of fused-ring (bicyclic) bond motifs is 2. The number of anilines is 1. The predicted molar refractivity (Wildman–Crippen MR) is 189 cm³/mol. The predicted octanol–water partition coefficient (Wildman–Crippen LogP) is 5.98. The van der Waals surface area contributed by atoms with Crippen LogP contribution in [-0.4, -0.2) is 79.7 Å². The first-order chi connectivity index (χ1) is 22.3. The first kappa shape index (κ1) is 32.5. The molecule has 3 saturated heterocycles. The van der Waals surface area contributed by atoms with Gasteiger partial charge >= 0.3 is 0 Å². The summed E-state index contributed by atoms with van der Waals surface area (Å²) < 4.78 is -0.863. The van der Waals surface area contributed by atoms with E-state index >= 15 is 4.79 Å². The molecule has 7 atom stereocenters. The van der Waals surface area contributed by atoms with Crippen molar-refractivity contribution < 1.29 is 19.5 Å². The van der Waals surface area contributed by atoms with E-state index in [-0.39, 0.29) is 41.0 Å². The molecule has 3 aliphatic heterocycles. The van der Waals surface area contributed by atoms with Gasteiger partial charge in [-0.2, -0.15) is 0 Å². The number of thioether (sulfide) groups is 1. The second kappa shape index (κ2) is 13.4. The van der Waals surface area contributed by atoms with Crippen molar-refractivity contribution in [2.45, 2.75) is 46.7 Å². The molecule has 0 radical (unpaired) electrons. The summed E-state index contributed by atoms with van der Waals surface area (Å²) in [5, 5.41) is 12.8. The van der Waals surface area contributed by atoms with Crippen molar-refractivity contribution >= 4 is 61.9 Å². The summed E-state index contributed by atoms with van der Waals surface area (Å²) in [5.74, 6) is -1.87. The van der Waals surface area contributed by atoms with Crippen molar-refractivity contribution in [1.29, 1.82) is 0 Å². The van der Waals surface area contributed by atoms with E-state index in [1.807, 2.05) is 79.7 Å². The molecular weight excluding hydrogens is 662 g/mol. The van der Waals surface area contributed by atoms with Gasteiger partial charge in [-0.1, -0.05) is 95.7 Å². The Balaban J connectivity index is 1.50. The molecule has 3 amide bonds. The van der Waals surface area contributed by atoms with E-state index in [1.165, 1.54) is 0 Å². The van der Waals surface area contributed by atoms with Crippen LogP contribution in [0.1, 0.15) is 31.4 Å². The van der Waals surface area contributed by atoms with Crippen LogP contribution in [0.15, 0.2) is 98.1 Å². The number of likely N-dealkylation sites (tertiary alicyclic amines) is 1. The second-order valence-electron chi connectivity index (χ2n) is 12.4. The normalized spacial score (nSPS) is 27.0. The minimum atomic E-state index is -0.916. The first-order valence-electron chi connectivity index (χ1n) is 15.9. The van der Waals surface area contributed by atoms with E-state index in [0.29, 0.717) is 25.2 Å². The third-order valence-electron chi connectivity index (χ3n) is 9.72. The fourth-order valence-electron chi connectivity index (χ4n) is 7.87. The topological polar surface area (TPSA) is 81.2 Å². The zero-order valence-corrected chi connectivity index (χ0v) is 28.4. The highest BCUT2D eigenvalue weighted by Gasteiger charge is 2.76. The molecule has 2 bridgehead atoms. The highest BCUT2D eigenvalue weighted by atomic mass is 79.9. The zero-order valence-electron chi connectivity index (χ0n) is 26.0. The van der Waals surface area contributed by atoms with Crippen LogP contribution in [0.2, 0.25) is 0 Å². The number of hydrogen-bond acceptors (Lipinski definition) is 5. The molecule has 1 N–H and O–H groups in total. The molecule has 240 valence electrons. The van der Waals surface area contributed by atoms with Crippen LogP contribution in [0.4, 0.5) is 5.69 Å². The van der Waals surface area contributed by atoms with Crippen LogP contribution >= 0.6 is 27.7 Å². The monoisotopic (exact) mass is 701 g/mol. The Hall–Kier alpha value is -3.40. The largest absolute Gasteiger partial charge is 0.394 e. The van der Waals surface area contributed by atoms with Gasteiger partial charge in [0.1, 0.15) is 6.04 Å². The number of nitrogens with zero attached hydrogens (tertiary/aromatic N) is 3. The van der Waals surface area contributed by atoms with Crippen LogP contribution in [0, 0.1) is 11.8 Å². The SMILES string of the molecule is C=CCN(CCC)C(=O)[C@H]1[C@H]2C(=O)N([C@H](CO)c3ccccc3)C(C(=O)N(CC=C)c3ccc4ccccc4c3)C23CC(Br)[C@@H]1S3. The quantitative estimate of drug-likeness (QED) is 0.186. The number of aliphatic hydroxyl groups is 1. The van der Waals surface area contributed by atoms with E-state index in [2.05, 4.69) is 29.1 Å². The van der Waals surface area contributed by atoms with Crippen LogP contribution < -0.4 is 4.90 Å². The molecule has 3 aliphatic rings. The van der Waals surface area contributed by atoms with Crippen LogP contribution in [0.5, 0.6) is 0 Å². The lowest BCUT2D eigenvalue weighted by Gasteiger charge is -2.40. The molecule has 0 saturated carbocycles. The number of alkyl halides is 1. The highest BCUT2D eigenvalue weighted by Crippen LogP contribution is 2.68. The molecule has 3 aromatic carbocycles. The molecule has 0 aromatic heterocycles. The van der Waals surface area contributed by atoms with Gasteiger partial charge in [-0.05, 0) is 41.3 Å². The molecule has 9 heteroatoms. The maximum absolute atomic E-state index is 15.2. The summed E-state index contributed by atoms with van der Waals surface area (Å²) in [6.07, 6.45) is 4.75. The Kier molecular flexibility index (Phi) is 9.46. The summed E-state index contributed by atoms with van der Waals surface area (Å²) >= 11 is 5.50. The smallest absolute Gasteiger partial charge is 0.251 e. The van der Waals surface area contributed by atoms with E-state index in [9.17, 15) is 14.7 Å². The minimum Gasteiger partial charge on any atom is -0.394 e. The van der Waals surface area contributed by atoms with Crippen molar-refractivity contribution in [3.63, 3.8) is 0 Å². The van der Waals surface area contributed by atoms with Gasteiger partial charge in [0.25, 0.3) is 5.91 Å². The lowest BCUT2D eigenvalue weighted by molar-refractivity contribution is -0.145. The molecule has 3 fully saturated rings. The Morgan fingerprint density at radius 1 is 1.04 bits per heavy atom. The molecule has 3 unspecified atom stereocenters. The third-order valence-corrected chi connectivity index (χ3v) is 12.9. The molecule has 6 rings (SSSR count). The van der Waals surface area contributed by atoms with Gasteiger partial charge < -0.3 is 19.8 Å². The summed E-state index contributed by atoms with van der Waals surface area (Å²) in [6.45, 7) is 10.7. The van der Waals surface area contributed by atoms with Gasteiger partial charge in [-0.25, -0.2) is 0 Å². The number of aliphatic hydroxyl groups excluding tert-OH is 1. The van der Waals surface area contributed by atoms with Crippen molar-refractivity contribution in [3.05, 3.63) is 104 Å². The lowest BCUT2D eigenvalue weighted by Crippen LogP contribution is -2.56. The molecule has 3 heterocycles. The summed E-state index contributed by atoms with van der Waals surface area (Å²) in [7, 11) is 0. The Morgan fingerprint density at radius 3 is 2.41 bits per heavy atom. The fourth-order valence-corrected chi connectivity index (χ4v) is 11.5. The van der Waals surface area contributed by atoms with Crippen molar-refractivity contribution in [1.82, 2.24) is 9.80 Å². The van der Waals surface area contributed by atoms with Crippen molar-refractivity contribution in [2.75, 3.05) is 31.1 Å². The van der Waals surface area contributed by atoms with Gasteiger partial charge in [0, 0.05) is 35.4 Å². The van der Waals surface area contributed by atoms with Crippen molar-refractivity contribution in [2.24, 2.45) is 11.8 Å². The maximum Gasteiger partial charge on any atom is 0.251 e. The van der Waals surface area contributed by atoms with Crippen LogP contribution in [0.3, 0.4) is 0 Å². The summed E-state index contributed by atoms with van der Waals surface area (Å²) in [6, 6.07) is 21.6. The average Bonchev–Trinajstić information content (AvgIpc) is 3.67.